The lowest BCUT2D eigenvalue weighted by Crippen LogP contribution is -2.48. The summed E-state index contributed by atoms with van der Waals surface area (Å²) in [6, 6.07) is -0.0711. The van der Waals surface area contributed by atoms with Gasteiger partial charge in [-0.05, 0) is 39.2 Å². The Hall–Kier alpha value is -0.290. The Morgan fingerprint density at radius 3 is 2.53 bits per heavy atom. The molecule has 1 aliphatic rings. The van der Waals surface area contributed by atoms with Gasteiger partial charge in [0.05, 0.1) is 5.60 Å². The van der Waals surface area contributed by atoms with E-state index < -0.39 is 18.2 Å². The molecule has 1 saturated heterocycles. The number of hydrogen-bond acceptors (Lipinski definition) is 2. The molecule has 0 radical (unpaired) electrons. The summed E-state index contributed by atoms with van der Waals surface area (Å²) in [5.74, 6) is 0. The molecule has 0 aromatic heterocycles. The molecule has 17 heavy (non-hydrogen) atoms. The van der Waals surface area contributed by atoms with E-state index in [1.54, 1.807) is 6.92 Å². The van der Waals surface area contributed by atoms with Crippen molar-refractivity contribution in [2.75, 3.05) is 6.54 Å². The molecule has 1 aliphatic heterocycles. The molecule has 0 aromatic carbocycles. The number of hydrogen-bond donors (Lipinski definition) is 2. The first-order valence-corrected chi connectivity index (χ1v) is 6.34. The molecule has 0 aromatic rings. The highest BCUT2D eigenvalue weighted by molar-refractivity contribution is 4.89. The van der Waals surface area contributed by atoms with E-state index in [9.17, 15) is 18.3 Å². The van der Waals surface area contributed by atoms with Crippen LogP contribution in [0, 0.1) is 0 Å². The lowest BCUT2D eigenvalue weighted by Gasteiger charge is -2.33. The Kier molecular flexibility index (Phi) is 5.25. The molecular formula is C12H22F3NO. The van der Waals surface area contributed by atoms with Crippen molar-refractivity contribution >= 4 is 0 Å². The Morgan fingerprint density at radius 1 is 1.18 bits per heavy atom. The van der Waals surface area contributed by atoms with Gasteiger partial charge in [0.2, 0.25) is 0 Å². The van der Waals surface area contributed by atoms with E-state index >= 15 is 0 Å². The van der Waals surface area contributed by atoms with Crippen LogP contribution in [0.2, 0.25) is 0 Å². The maximum Gasteiger partial charge on any atom is 0.389 e. The molecular weight excluding hydrogens is 231 g/mol. The Labute approximate surface area is 101 Å². The molecule has 0 amide bonds. The normalized spacial score (nSPS) is 26.3. The molecule has 2 nitrogen and oxygen atoms in total. The van der Waals surface area contributed by atoms with E-state index in [4.69, 9.17) is 0 Å². The fourth-order valence-electron chi connectivity index (χ4n) is 2.38. The molecule has 0 spiro atoms. The first-order valence-electron chi connectivity index (χ1n) is 6.34. The zero-order valence-electron chi connectivity index (χ0n) is 10.3. The molecule has 5 heteroatoms. The van der Waals surface area contributed by atoms with E-state index in [1.807, 2.05) is 0 Å². The van der Waals surface area contributed by atoms with Crippen molar-refractivity contribution in [3.8, 4) is 0 Å². The van der Waals surface area contributed by atoms with Gasteiger partial charge >= 0.3 is 6.18 Å². The summed E-state index contributed by atoms with van der Waals surface area (Å²) in [5, 5.41) is 13.5. The zero-order chi connectivity index (χ0) is 12.9. The highest BCUT2D eigenvalue weighted by Crippen LogP contribution is 2.28. The monoisotopic (exact) mass is 253 g/mol. The van der Waals surface area contributed by atoms with Crippen molar-refractivity contribution in [3.05, 3.63) is 0 Å². The average molecular weight is 253 g/mol. The van der Waals surface area contributed by atoms with E-state index in [1.165, 1.54) is 0 Å². The predicted octanol–water partition coefficient (Wildman–Crippen LogP) is 3.00. The number of alkyl halides is 3. The maximum atomic E-state index is 12.0. The van der Waals surface area contributed by atoms with Crippen molar-refractivity contribution in [3.63, 3.8) is 0 Å². The summed E-state index contributed by atoms with van der Waals surface area (Å²) in [7, 11) is 0. The van der Waals surface area contributed by atoms with Crippen molar-refractivity contribution in [1.82, 2.24) is 5.32 Å². The minimum atomic E-state index is -4.12. The van der Waals surface area contributed by atoms with E-state index in [-0.39, 0.29) is 18.9 Å². The first kappa shape index (κ1) is 14.8. The highest BCUT2D eigenvalue weighted by Gasteiger charge is 2.34. The number of halogens is 3. The second-order valence-electron chi connectivity index (χ2n) is 5.18. The molecule has 1 rings (SSSR count). The summed E-state index contributed by atoms with van der Waals surface area (Å²) < 4.78 is 36.1. The summed E-state index contributed by atoms with van der Waals surface area (Å²) >= 11 is 0. The van der Waals surface area contributed by atoms with Gasteiger partial charge in [-0.2, -0.15) is 13.2 Å². The number of aliphatic hydroxyl groups is 1. The maximum absolute atomic E-state index is 12.0. The molecule has 102 valence electrons. The molecule has 1 fully saturated rings. The Bertz CT molecular complexity index is 220. The third-order valence-electron chi connectivity index (χ3n) is 3.45. The van der Waals surface area contributed by atoms with Crippen LogP contribution in [0.25, 0.3) is 0 Å². The Morgan fingerprint density at radius 2 is 1.88 bits per heavy atom. The van der Waals surface area contributed by atoms with Crippen LogP contribution in [0.4, 0.5) is 13.2 Å². The van der Waals surface area contributed by atoms with Crippen LogP contribution in [0.15, 0.2) is 0 Å². The lowest BCUT2D eigenvalue weighted by molar-refractivity contribution is -0.138. The summed E-state index contributed by atoms with van der Waals surface area (Å²) in [4.78, 5) is 0. The van der Waals surface area contributed by atoms with Gasteiger partial charge in [0.25, 0.3) is 0 Å². The minimum absolute atomic E-state index is 0.00528. The molecule has 1 heterocycles. The van der Waals surface area contributed by atoms with E-state index in [0.29, 0.717) is 0 Å². The van der Waals surface area contributed by atoms with Crippen molar-refractivity contribution < 1.29 is 18.3 Å². The first-order chi connectivity index (χ1) is 7.81. The van der Waals surface area contributed by atoms with Gasteiger partial charge in [0, 0.05) is 12.5 Å². The van der Waals surface area contributed by atoms with Crippen LogP contribution in [-0.2, 0) is 0 Å². The Balaban J connectivity index is 2.37. The van der Waals surface area contributed by atoms with Crippen LogP contribution in [-0.4, -0.2) is 29.5 Å². The van der Waals surface area contributed by atoms with Gasteiger partial charge in [-0.25, -0.2) is 0 Å². The van der Waals surface area contributed by atoms with Crippen LogP contribution in [0.1, 0.15) is 51.9 Å². The van der Waals surface area contributed by atoms with Gasteiger partial charge < -0.3 is 10.4 Å². The quantitative estimate of drug-likeness (QED) is 0.807. The summed E-state index contributed by atoms with van der Waals surface area (Å²) in [5.41, 5.74) is -1.03. The topological polar surface area (TPSA) is 32.3 Å². The molecule has 0 saturated carbocycles. The predicted molar refractivity (Wildman–Crippen MR) is 60.8 cm³/mol. The van der Waals surface area contributed by atoms with Crippen molar-refractivity contribution in [2.45, 2.75) is 69.7 Å². The second kappa shape index (κ2) is 6.05. The standard InChI is InChI=1S/C12H22F3NO/c1-11(17,7-5-8-12(13,14)15)10-6-3-2-4-9-16-10/h10,16-17H,2-9H2,1H3. The van der Waals surface area contributed by atoms with Crippen LogP contribution >= 0.6 is 0 Å². The van der Waals surface area contributed by atoms with Gasteiger partial charge in [0.1, 0.15) is 0 Å². The molecule has 2 N–H and O–H groups in total. The lowest BCUT2D eigenvalue weighted by atomic mass is 9.88. The van der Waals surface area contributed by atoms with E-state index in [2.05, 4.69) is 5.32 Å². The minimum Gasteiger partial charge on any atom is -0.389 e. The molecule has 0 bridgehead atoms. The van der Waals surface area contributed by atoms with Gasteiger partial charge in [-0.3, -0.25) is 0 Å². The summed E-state index contributed by atoms with van der Waals surface area (Å²) in [6.45, 7) is 2.49. The fourth-order valence-corrected chi connectivity index (χ4v) is 2.38. The SMILES string of the molecule is CC(O)(CCCC(F)(F)F)C1CCCCCN1. The third kappa shape index (κ3) is 5.73. The molecule has 0 aliphatic carbocycles. The average Bonchev–Trinajstić information content (AvgIpc) is 2.43. The molecule has 2 unspecified atom stereocenters. The third-order valence-corrected chi connectivity index (χ3v) is 3.45. The van der Waals surface area contributed by atoms with Crippen LogP contribution < -0.4 is 5.32 Å². The highest BCUT2D eigenvalue weighted by atomic mass is 19.4. The molecule has 2 atom stereocenters. The van der Waals surface area contributed by atoms with E-state index in [0.717, 1.165) is 32.2 Å². The fraction of sp³-hybridized carbons (Fsp3) is 1.00. The van der Waals surface area contributed by atoms with Crippen molar-refractivity contribution in [1.29, 1.82) is 0 Å². The second-order valence-corrected chi connectivity index (χ2v) is 5.18. The van der Waals surface area contributed by atoms with Gasteiger partial charge in [-0.15, -0.1) is 0 Å². The summed E-state index contributed by atoms with van der Waals surface area (Å²) in [6.07, 6.45) is -0.648. The van der Waals surface area contributed by atoms with Crippen LogP contribution in [0.3, 0.4) is 0 Å². The number of rotatable bonds is 4. The zero-order valence-corrected chi connectivity index (χ0v) is 10.3. The van der Waals surface area contributed by atoms with Gasteiger partial charge in [-0.1, -0.05) is 12.8 Å². The van der Waals surface area contributed by atoms with Crippen molar-refractivity contribution in [2.24, 2.45) is 0 Å². The van der Waals surface area contributed by atoms with Crippen LogP contribution in [0.5, 0.6) is 0 Å². The van der Waals surface area contributed by atoms with Gasteiger partial charge in [0.15, 0.2) is 0 Å². The smallest absolute Gasteiger partial charge is 0.389 e. The number of nitrogens with one attached hydrogen (secondary N) is 1. The largest absolute Gasteiger partial charge is 0.389 e.